The number of benzene rings is 1. The van der Waals surface area contributed by atoms with Crippen LogP contribution < -0.4 is 16.6 Å². The van der Waals surface area contributed by atoms with Crippen molar-refractivity contribution in [3.05, 3.63) is 56.1 Å². The second-order valence-corrected chi connectivity index (χ2v) is 7.39. The number of amides is 1. The van der Waals surface area contributed by atoms with E-state index in [-0.39, 0.29) is 22.7 Å². The van der Waals surface area contributed by atoms with Crippen LogP contribution in [0.25, 0.3) is 11.1 Å². The molecule has 1 heterocycles. The number of carbonyl (C=O) groups is 1. The van der Waals surface area contributed by atoms with Crippen molar-refractivity contribution in [1.82, 2.24) is 14.9 Å². The van der Waals surface area contributed by atoms with Crippen molar-refractivity contribution in [3.8, 4) is 11.1 Å². The monoisotopic (exact) mass is 397 g/mol. The molecule has 27 heavy (non-hydrogen) atoms. The van der Waals surface area contributed by atoms with Crippen LogP contribution in [0.4, 0.5) is 9.18 Å². The first-order valence-electron chi connectivity index (χ1n) is 8.26. The SMILES string of the molecule is C[C@@H](CNC(=O)OC(C)(C)C)n1c(=O)[nH]cc(-c2cccc(F)c2Cl)c1=O. The highest BCUT2D eigenvalue weighted by molar-refractivity contribution is 6.33. The lowest BCUT2D eigenvalue weighted by molar-refractivity contribution is 0.0520. The van der Waals surface area contributed by atoms with E-state index in [1.165, 1.54) is 24.4 Å². The van der Waals surface area contributed by atoms with E-state index in [9.17, 15) is 18.8 Å². The van der Waals surface area contributed by atoms with E-state index in [1.807, 2.05) is 0 Å². The summed E-state index contributed by atoms with van der Waals surface area (Å²) < 4.78 is 19.8. The smallest absolute Gasteiger partial charge is 0.407 e. The van der Waals surface area contributed by atoms with Crippen molar-refractivity contribution in [2.75, 3.05) is 6.54 Å². The van der Waals surface area contributed by atoms with Crippen molar-refractivity contribution in [2.45, 2.75) is 39.3 Å². The molecule has 1 atom stereocenters. The molecule has 0 saturated heterocycles. The predicted octanol–water partition coefficient (Wildman–Crippen LogP) is 3.08. The molecule has 1 aromatic heterocycles. The van der Waals surface area contributed by atoms with Gasteiger partial charge in [-0.1, -0.05) is 23.7 Å². The number of aromatic nitrogens is 2. The summed E-state index contributed by atoms with van der Waals surface area (Å²) in [4.78, 5) is 39.1. The van der Waals surface area contributed by atoms with Gasteiger partial charge in [0.05, 0.1) is 16.6 Å². The highest BCUT2D eigenvalue weighted by Gasteiger charge is 2.20. The zero-order valence-corrected chi connectivity index (χ0v) is 16.2. The minimum absolute atomic E-state index is 0.0156. The highest BCUT2D eigenvalue weighted by Crippen LogP contribution is 2.27. The Bertz CT molecular complexity index is 962. The number of alkyl carbamates (subject to hydrolysis) is 1. The topological polar surface area (TPSA) is 93.2 Å². The van der Waals surface area contributed by atoms with Gasteiger partial charge in [0, 0.05) is 18.3 Å². The molecule has 0 aliphatic rings. The largest absolute Gasteiger partial charge is 0.444 e. The van der Waals surface area contributed by atoms with Gasteiger partial charge in [0.25, 0.3) is 5.56 Å². The zero-order chi connectivity index (χ0) is 20.4. The molecule has 7 nitrogen and oxygen atoms in total. The number of hydrogen-bond donors (Lipinski definition) is 2. The number of nitrogens with zero attached hydrogens (tertiary/aromatic N) is 1. The molecule has 1 amide bonds. The lowest BCUT2D eigenvalue weighted by Crippen LogP contribution is -2.42. The van der Waals surface area contributed by atoms with Gasteiger partial charge in [-0.25, -0.2) is 14.0 Å². The predicted molar refractivity (Wildman–Crippen MR) is 101 cm³/mol. The minimum atomic E-state index is -0.680. The first-order valence-corrected chi connectivity index (χ1v) is 8.64. The van der Waals surface area contributed by atoms with Crippen LogP contribution in [-0.4, -0.2) is 27.8 Å². The first-order chi connectivity index (χ1) is 12.5. The van der Waals surface area contributed by atoms with Gasteiger partial charge in [0.1, 0.15) is 11.4 Å². The quantitative estimate of drug-likeness (QED) is 0.829. The number of halogens is 2. The lowest BCUT2D eigenvalue weighted by atomic mass is 10.1. The van der Waals surface area contributed by atoms with Crippen LogP contribution in [0.15, 0.2) is 34.0 Å². The van der Waals surface area contributed by atoms with E-state index in [1.54, 1.807) is 27.7 Å². The average Bonchev–Trinajstić information content (AvgIpc) is 2.55. The van der Waals surface area contributed by atoms with Crippen molar-refractivity contribution in [2.24, 2.45) is 0 Å². The van der Waals surface area contributed by atoms with Gasteiger partial charge in [0.2, 0.25) is 0 Å². The van der Waals surface area contributed by atoms with Crippen LogP contribution in [0.1, 0.15) is 33.7 Å². The third-order valence-corrected chi connectivity index (χ3v) is 4.02. The Morgan fingerprint density at radius 2 is 2.00 bits per heavy atom. The molecule has 9 heteroatoms. The molecular formula is C18H21ClFN3O4. The maximum Gasteiger partial charge on any atom is 0.407 e. The number of hydrogen-bond acceptors (Lipinski definition) is 4. The molecule has 0 aliphatic heterocycles. The van der Waals surface area contributed by atoms with E-state index in [0.717, 1.165) is 4.57 Å². The van der Waals surface area contributed by atoms with Crippen LogP contribution in [0, 0.1) is 5.82 Å². The fourth-order valence-corrected chi connectivity index (χ4v) is 2.66. The number of carbonyl (C=O) groups excluding carboxylic acids is 1. The minimum Gasteiger partial charge on any atom is -0.444 e. The van der Waals surface area contributed by atoms with Crippen LogP contribution >= 0.6 is 11.6 Å². The van der Waals surface area contributed by atoms with Gasteiger partial charge in [0.15, 0.2) is 0 Å². The molecule has 0 bridgehead atoms. The Kier molecular flexibility index (Phi) is 6.10. The second kappa shape index (κ2) is 7.96. The number of aromatic amines is 1. The van der Waals surface area contributed by atoms with Crippen molar-refractivity contribution in [3.63, 3.8) is 0 Å². The van der Waals surface area contributed by atoms with Gasteiger partial charge >= 0.3 is 11.8 Å². The van der Waals surface area contributed by atoms with E-state index < -0.39 is 34.8 Å². The number of nitrogens with one attached hydrogen (secondary N) is 2. The molecule has 0 radical (unpaired) electrons. The Hall–Kier alpha value is -2.61. The summed E-state index contributed by atoms with van der Waals surface area (Å²) in [5.41, 5.74) is -1.77. The van der Waals surface area contributed by atoms with Crippen molar-refractivity contribution < 1.29 is 13.9 Å². The fourth-order valence-electron chi connectivity index (χ4n) is 2.43. The number of rotatable bonds is 4. The normalized spacial score (nSPS) is 12.5. The molecule has 2 aromatic rings. The van der Waals surface area contributed by atoms with Crippen LogP contribution in [-0.2, 0) is 4.74 Å². The number of H-pyrrole nitrogens is 1. The Morgan fingerprint density at radius 1 is 1.33 bits per heavy atom. The third-order valence-electron chi connectivity index (χ3n) is 3.63. The molecule has 0 saturated carbocycles. The summed E-state index contributed by atoms with van der Waals surface area (Å²) in [6, 6.07) is 3.39. The summed E-state index contributed by atoms with van der Waals surface area (Å²) in [6.07, 6.45) is 0.527. The Labute approximate surface area is 160 Å². The average molecular weight is 398 g/mol. The Morgan fingerprint density at radius 3 is 2.63 bits per heavy atom. The summed E-state index contributed by atoms with van der Waals surface area (Å²) in [5, 5.41) is 2.30. The van der Waals surface area contributed by atoms with E-state index >= 15 is 0 Å². The highest BCUT2D eigenvalue weighted by atomic mass is 35.5. The van der Waals surface area contributed by atoms with Gasteiger partial charge in [-0.3, -0.25) is 9.36 Å². The maximum atomic E-state index is 13.7. The maximum absolute atomic E-state index is 13.7. The van der Waals surface area contributed by atoms with E-state index in [4.69, 9.17) is 16.3 Å². The summed E-state index contributed by atoms with van der Waals surface area (Å²) in [5.74, 6) is -0.675. The van der Waals surface area contributed by atoms with Gasteiger partial charge in [-0.15, -0.1) is 0 Å². The molecular weight excluding hydrogens is 377 g/mol. The fraction of sp³-hybridized carbons (Fsp3) is 0.389. The van der Waals surface area contributed by atoms with Crippen LogP contribution in [0.2, 0.25) is 5.02 Å². The third kappa shape index (κ3) is 4.97. The molecule has 1 aromatic carbocycles. The second-order valence-electron chi connectivity index (χ2n) is 7.02. The summed E-state index contributed by atoms with van der Waals surface area (Å²) in [7, 11) is 0. The summed E-state index contributed by atoms with van der Waals surface area (Å²) in [6.45, 7) is 6.73. The van der Waals surface area contributed by atoms with Gasteiger partial charge in [-0.2, -0.15) is 0 Å². The van der Waals surface area contributed by atoms with E-state index in [2.05, 4.69) is 10.3 Å². The zero-order valence-electron chi connectivity index (χ0n) is 15.4. The molecule has 0 aliphatic carbocycles. The molecule has 0 fully saturated rings. The first kappa shape index (κ1) is 20.7. The lowest BCUT2D eigenvalue weighted by Gasteiger charge is -2.21. The summed E-state index contributed by atoms with van der Waals surface area (Å²) >= 11 is 5.95. The molecule has 146 valence electrons. The molecule has 0 unspecified atom stereocenters. The molecule has 2 N–H and O–H groups in total. The van der Waals surface area contributed by atoms with Crippen molar-refractivity contribution >= 4 is 17.7 Å². The van der Waals surface area contributed by atoms with Crippen LogP contribution in [0.5, 0.6) is 0 Å². The van der Waals surface area contributed by atoms with Gasteiger partial charge < -0.3 is 15.0 Å². The standard InChI is InChI=1S/C18H21ClFN3O4/c1-10(8-22-17(26)27-18(2,3)4)23-15(24)12(9-21-16(23)25)11-6-5-7-13(20)14(11)19/h5-7,9-10H,8H2,1-4H3,(H,21,25)(H,22,26)/t10-/m0/s1. The van der Waals surface area contributed by atoms with Crippen LogP contribution in [0.3, 0.4) is 0 Å². The Balaban J connectivity index is 2.32. The molecule has 0 spiro atoms. The molecule has 2 rings (SSSR count). The number of ether oxygens (including phenoxy) is 1. The van der Waals surface area contributed by atoms with Crippen molar-refractivity contribution in [1.29, 1.82) is 0 Å². The van der Waals surface area contributed by atoms with Gasteiger partial charge in [-0.05, 0) is 33.8 Å². The van der Waals surface area contributed by atoms with E-state index in [0.29, 0.717) is 0 Å².